The molecule has 2 aliphatic rings. The Morgan fingerprint density at radius 3 is 2.04 bits per heavy atom. The van der Waals surface area contributed by atoms with Crippen LogP contribution in [0.4, 0.5) is 11.4 Å². The fourth-order valence-electron chi connectivity index (χ4n) is 4.09. The molecule has 1 N–H and O–H groups in total. The number of likely N-dealkylation sites (tertiary alicyclic amines) is 1. The van der Waals surface area contributed by atoms with Crippen LogP contribution in [-0.4, -0.2) is 42.9 Å². The molecule has 154 valence electrons. The Balaban J connectivity index is 1.49. The van der Waals surface area contributed by atoms with Gasteiger partial charge in [0.2, 0.25) is 11.8 Å². The molecule has 5 heteroatoms. The molecule has 1 aromatic carbocycles. The molecule has 0 bridgehead atoms. The smallest absolute Gasteiger partial charge is 0.227 e. The summed E-state index contributed by atoms with van der Waals surface area (Å²) >= 11 is 0. The molecule has 0 radical (unpaired) electrons. The summed E-state index contributed by atoms with van der Waals surface area (Å²) in [6, 6.07) is 8.22. The molecule has 0 aromatic heterocycles. The molecule has 2 saturated heterocycles. The Kier molecular flexibility index (Phi) is 6.31. The van der Waals surface area contributed by atoms with Crippen molar-refractivity contribution in [1.82, 2.24) is 4.90 Å². The summed E-state index contributed by atoms with van der Waals surface area (Å²) in [5, 5.41) is 3.06. The van der Waals surface area contributed by atoms with E-state index in [0.717, 1.165) is 37.5 Å². The topological polar surface area (TPSA) is 52.7 Å². The van der Waals surface area contributed by atoms with Gasteiger partial charge in [0.25, 0.3) is 0 Å². The Morgan fingerprint density at radius 1 is 0.929 bits per heavy atom. The number of rotatable bonds is 3. The van der Waals surface area contributed by atoms with Gasteiger partial charge >= 0.3 is 0 Å². The van der Waals surface area contributed by atoms with Crippen LogP contribution in [0.25, 0.3) is 0 Å². The number of hydrogen-bond donors (Lipinski definition) is 1. The number of carbonyl (C=O) groups is 2. The maximum absolute atomic E-state index is 12.6. The number of nitrogens with zero attached hydrogens (tertiary/aromatic N) is 2. The molecule has 2 amide bonds. The van der Waals surface area contributed by atoms with E-state index in [1.807, 2.05) is 37.8 Å². The first-order valence-corrected chi connectivity index (χ1v) is 10.7. The van der Waals surface area contributed by atoms with Gasteiger partial charge in [-0.15, -0.1) is 0 Å². The second-order valence-corrected chi connectivity index (χ2v) is 9.52. The van der Waals surface area contributed by atoms with Gasteiger partial charge in [-0.1, -0.05) is 27.7 Å². The van der Waals surface area contributed by atoms with Gasteiger partial charge in [-0.2, -0.15) is 0 Å². The average molecular weight is 386 g/mol. The summed E-state index contributed by atoms with van der Waals surface area (Å²) < 4.78 is 0. The molecule has 28 heavy (non-hydrogen) atoms. The maximum Gasteiger partial charge on any atom is 0.227 e. The molecule has 2 fully saturated rings. The van der Waals surface area contributed by atoms with Crippen LogP contribution in [0.15, 0.2) is 24.3 Å². The maximum atomic E-state index is 12.6. The highest BCUT2D eigenvalue weighted by Gasteiger charge is 2.32. The molecule has 1 aromatic rings. The van der Waals surface area contributed by atoms with E-state index in [1.165, 1.54) is 18.5 Å². The molecule has 2 aliphatic heterocycles. The van der Waals surface area contributed by atoms with Crippen molar-refractivity contribution in [3.8, 4) is 0 Å². The van der Waals surface area contributed by atoms with Gasteiger partial charge in [-0.25, -0.2) is 0 Å². The fraction of sp³-hybridized carbons (Fsp3) is 0.652. The molecule has 0 aliphatic carbocycles. The van der Waals surface area contributed by atoms with Gasteiger partial charge in [-0.3, -0.25) is 9.59 Å². The summed E-state index contributed by atoms with van der Waals surface area (Å²) in [6.07, 6.45) is 3.96. The summed E-state index contributed by atoms with van der Waals surface area (Å²) in [7, 11) is 0. The molecule has 0 atom stereocenters. The highest BCUT2D eigenvalue weighted by atomic mass is 16.2. The monoisotopic (exact) mass is 385 g/mol. The van der Waals surface area contributed by atoms with Crippen molar-refractivity contribution in [1.29, 1.82) is 0 Å². The van der Waals surface area contributed by atoms with Crippen molar-refractivity contribution in [3.63, 3.8) is 0 Å². The van der Waals surface area contributed by atoms with Crippen LogP contribution in [0.1, 0.15) is 53.4 Å². The Morgan fingerprint density at radius 2 is 1.50 bits per heavy atom. The van der Waals surface area contributed by atoms with Crippen molar-refractivity contribution in [2.24, 2.45) is 17.3 Å². The van der Waals surface area contributed by atoms with Gasteiger partial charge in [-0.05, 0) is 55.9 Å². The highest BCUT2D eigenvalue weighted by Crippen LogP contribution is 2.26. The Bertz CT molecular complexity index is 677. The zero-order valence-corrected chi connectivity index (χ0v) is 17.8. The molecule has 0 saturated carbocycles. The van der Waals surface area contributed by atoms with E-state index in [2.05, 4.69) is 29.3 Å². The van der Waals surface area contributed by atoms with Crippen LogP contribution in [0.5, 0.6) is 0 Å². The first kappa shape index (κ1) is 20.7. The molecule has 2 heterocycles. The van der Waals surface area contributed by atoms with Crippen molar-refractivity contribution >= 4 is 23.2 Å². The largest absolute Gasteiger partial charge is 0.372 e. The van der Waals surface area contributed by atoms with E-state index < -0.39 is 0 Å². The first-order chi connectivity index (χ1) is 13.2. The van der Waals surface area contributed by atoms with Gasteiger partial charge in [0.1, 0.15) is 0 Å². The van der Waals surface area contributed by atoms with E-state index in [4.69, 9.17) is 0 Å². The van der Waals surface area contributed by atoms with Crippen molar-refractivity contribution in [2.75, 3.05) is 36.4 Å². The van der Waals surface area contributed by atoms with Crippen LogP contribution < -0.4 is 10.2 Å². The van der Waals surface area contributed by atoms with Crippen molar-refractivity contribution < 1.29 is 9.59 Å². The normalized spacial score (nSPS) is 19.6. The fourth-order valence-corrected chi connectivity index (χ4v) is 4.09. The van der Waals surface area contributed by atoms with E-state index in [1.54, 1.807) is 0 Å². The van der Waals surface area contributed by atoms with Crippen LogP contribution in [0.3, 0.4) is 0 Å². The quantitative estimate of drug-likeness (QED) is 0.850. The standard InChI is InChI=1S/C23H35N3O2/c1-17-9-13-25(14-10-17)20-7-5-19(6-8-20)24-21(27)18-11-15-26(16-12-18)22(28)23(2,3)4/h5-8,17-18H,9-16H2,1-4H3,(H,24,27). The van der Waals surface area contributed by atoms with E-state index in [9.17, 15) is 9.59 Å². The van der Waals surface area contributed by atoms with Gasteiger partial charge in [0.05, 0.1) is 0 Å². The lowest BCUT2D eigenvalue weighted by Crippen LogP contribution is -2.45. The molecule has 3 rings (SSSR count). The van der Waals surface area contributed by atoms with Crippen LogP contribution in [-0.2, 0) is 9.59 Å². The lowest BCUT2D eigenvalue weighted by atomic mass is 9.90. The third-order valence-electron chi connectivity index (χ3n) is 6.08. The van der Waals surface area contributed by atoms with Crippen molar-refractivity contribution in [3.05, 3.63) is 24.3 Å². The van der Waals surface area contributed by atoms with Crippen LogP contribution in [0, 0.1) is 17.3 Å². The number of hydrogen-bond acceptors (Lipinski definition) is 3. The zero-order valence-electron chi connectivity index (χ0n) is 17.8. The second kappa shape index (κ2) is 8.54. The number of amides is 2. The summed E-state index contributed by atoms with van der Waals surface area (Å²) in [4.78, 5) is 29.4. The molecule has 0 unspecified atom stereocenters. The predicted octanol–water partition coefficient (Wildman–Crippen LogP) is 4.15. The lowest BCUT2D eigenvalue weighted by molar-refractivity contribution is -0.142. The number of benzene rings is 1. The average Bonchev–Trinajstić information content (AvgIpc) is 2.68. The third kappa shape index (κ3) is 5.06. The Labute approximate surface area is 169 Å². The SMILES string of the molecule is CC1CCN(c2ccc(NC(=O)C3CCN(C(=O)C(C)(C)C)CC3)cc2)CC1. The zero-order chi connectivity index (χ0) is 20.3. The summed E-state index contributed by atoms with van der Waals surface area (Å²) in [5.41, 5.74) is 1.73. The molecule has 0 spiro atoms. The Hall–Kier alpha value is -2.04. The first-order valence-electron chi connectivity index (χ1n) is 10.7. The number of piperidine rings is 2. The van der Waals surface area contributed by atoms with E-state index in [0.29, 0.717) is 13.1 Å². The summed E-state index contributed by atoms with van der Waals surface area (Å²) in [6.45, 7) is 11.7. The third-order valence-corrected chi connectivity index (χ3v) is 6.08. The number of anilines is 2. The highest BCUT2D eigenvalue weighted by molar-refractivity contribution is 5.93. The lowest BCUT2D eigenvalue weighted by Gasteiger charge is -2.35. The second-order valence-electron chi connectivity index (χ2n) is 9.52. The molecule has 5 nitrogen and oxygen atoms in total. The van der Waals surface area contributed by atoms with Crippen LogP contribution in [0.2, 0.25) is 0 Å². The minimum absolute atomic E-state index is 0.0210. The van der Waals surface area contributed by atoms with Crippen LogP contribution >= 0.6 is 0 Å². The predicted molar refractivity (Wildman–Crippen MR) is 114 cm³/mol. The molecular weight excluding hydrogens is 350 g/mol. The number of nitrogens with one attached hydrogen (secondary N) is 1. The minimum atomic E-state index is -0.358. The summed E-state index contributed by atoms with van der Waals surface area (Å²) in [5.74, 6) is 1.05. The van der Waals surface area contributed by atoms with Crippen molar-refractivity contribution in [2.45, 2.75) is 53.4 Å². The van der Waals surface area contributed by atoms with E-state index in [-0.39, 0.29) is 23.1 Å². The van der Waals surface area contributed by atoms with Gasteiger partial charge in [0.15, 0.2) is 0 Å². The molecular formula is C23H35N3O2. The van der Waals surface area contributed by atoms with E-state index >= 15 is 0 Å². The van der Waals surface area contributed by atoms with Gasteiger partial charge in [0, 0.05) is 48.9 Å². The van der Waals surface area contributed by atoms with Gasteiger partial charge < -0.3 is 15.1 Å². The number of carbonyl (C=O) groups excluding carboxylic acids is 2. The minimum Gasteiger partial charge on any atom is -0.372 e.